The molecule has 0 aliphatic rings. The maximum absolute atomic E-state index is 12.8. The Morgan fingerprint density at radius 1 is 0.944 bits per heavy atom. The molecule has 2 heterocycles. The van der Waals surface area contributed by atoms with E-state index in [0.29, 0.717) is 27.5 Å². The van der Waals surface area contributed by atoms with E-state index in [4.69, 9.17) is 13.9 Å². The van der Waals surface area contributed by atoms with Crippen molar-refractivity contribution < 1.29 is 23.5 Å². The number of carbonyl (C=O) groups excluding carboxylic acids is 2. The molecule has 4 rings (SSSR count). The van der Waals surface area contributed by atoms with Crippen LogP contribution >= 0.6 is 0 Å². The molecule has 186 valence electrons. The van der Waals surface area contributed by atoms with Crippen LogP contribution in [0, 0.1) is 0 Å². The zero-order valence-corrected chi connectivity index (χ0v) is 19.6. The molecule has 11 nitrogen and oxygen atoms in total. The number of anilines is 1. The van der Waals surface area contributed by atoms with Gasteiger partial charge < -0.3 is 13.9 Å². The Hall–Kier alpha value is -4.67. The standard InChI is InChI=1S/C25H23N3O8/c1-3-27-23(31)18-7-5-6-8-19(18)28(25(27)33)13-22(30)35-14-15-11-21(29)36-20-12-16(9-10-17(15)20)26-24(32)34-4-2/h5-12H,3-4,13-14H2,1-2H3,(H,26,32). The van der Waals surface area contributed by atoms with Crippen LogP contribution in [0.25, 0.3) is 21.9 Å². The number of hydrogen-bond donors (Lipinski definition) is 1. The van der Waals surface area contributed by atoms with Crippen molar-refractivity contribution in [1.29, 1.82) is 0 Å². The number of rotatable bonds is 7. The first-order chi connectivity index (χ1) is 17.3. The monoisotopic (exact) mass is 493 g/mol. The molecule has 11 heteroatoms. The number of hydrogen-bond acceptors (Lipinski definition) is 8. The van der Waals surface area contributed by atoms with Crippen LogP contribution in [0.3, 0.4) is 0 Å². The van der Waals surface area contributed by atoms with Crippen molar-refractivity contribution in [1.82, 2.24) is 9.13 Å². The van der Waals surface area contributed by atoms with Gasteiger partial charge in [0, 0.05) is 35.3 Å². The first-order valence-corrected chi connectivity index (χ1v) is 11.2. The number of nitrogens with one attached hydrogen (secondary N) is 1. The number of esters is 1. The molecular formula is C25H23N3O8. The summed E-state index contributed by atoms with van der Waals surface area (Å²) in [6.07, 6.45) is -0.651. The highest BCUT2D eigenvalue weighted by molar-refractivity contribution is 5.90. The molecule has 0 bridgehead atoms. The number of fused-ring (bicyclic) bond motifs is 2. The Bertz CT molecular complexity index is 1650. The lowest BCUT2D eigenvalue weighted by molar-refractivity contribution is -0.145. The molecule has 0 aliphatic heterocycles. The lowest BCUT2D eigenvalue weighted by Gasteiger charge is -2.13. The number of ether oxygens (including phenoxy) is 2. The van der Waals surface area contributed by atoms with Gasteiger partial charge in [0.2, 0.25) is 0 Å². The van der Waals surface area contributed by atoms with Gasteiger partial charge in [0.05, 0.1) is 17.5 Å². The summed E-state index contributed by atoms with van der Waals surface area (Å²) in [5.74, 6) is -0.731. The van der Waals surface area contributed by atoms with Gasteiger partial charge in [-0.15, -0.1) is 0 Å². The average Bonchev–Trinajstić information content (AvgIpc) is 2.85. The normalized spacial score (nSPS) is 10.9. The first kappa shape index (κ1) is 24.5. The van der Waals surface area contributed by atoms with E-state index in [-0.39, 0.29) is 25.3 Å². The maximum atomic E-state index is 12.8. The third kappa shape index (κ3) is 4.90. The fourth-order valence-electron chi connectivity index (χ4n) is 3.85. The van der Waals surface area contributed by atoms with E-state index in [2.05, 4.69) is 5.32 Å². The Balaban J connectivity index is 1.58. The first-order valence-electron chi connectivity index (χ1n) is 11.2. The van der Waals surface area contributed by atoms with Crippen molar-refractivity contribution in [2.45, 2.75) is 33.5 Å². The van der Waals surface area contributed by atoms with Gasteiger partial charge in [-0.25, -0.2) is 14.4 Å². The number of benzene rings is 2. The van der Waals surface area contributed by atoms with Gasteiger partial charge in [-0.1, -0.05) is 12.1 Å². The summed E-state index contributed by atoms with van der Waals surface area (Å²) in [6, 6.07) is 12.4. The molecule has 0 unspecified atom stereocenters. The molecule has 0 saturated carbocycles. The number of nitrogens with zero attached hydrogens (tertiary/aromatic N) is 2. The van der Waals surface area contributed by atoms with E-state index >= 15 is 0 Å². The molecule has 0 radical (unpaired) electrons. The molecule has 0 saturated heterocycles. The Labute approximate surface area is 203 Å². The molecular weight excluding hydrogens is 470 g/mol. The highest BCUT2D eigenvalue weighted by atomic mass is 16.5. The van der Waals surface area contributed by atoms with Crippen LogP contribution in [0.5, 0.6) is 0 Å². The minimum atomic E-state index is -0.731. The van der Waals surface area contributed by atoms with Crippen LogP contribution < -0.4 is 22.2 Å². The number of carbonyl (C=O) groups is 2. The summed E-state index contributed by atoms with van der Waals surface area (Å²) in [4.78, 5) is 61.8. The molecule has 4 aromatic rings. The molecule has 0 fully saturated rings. The van der Waals surface area contributed by atoms with Gasteiger partial charge in [-0.05, 0) is 38.1 Å². The third-order valence-corrected chi connectivity index (χ3v) is 5.48. The Morgan fingerprint density at radius 2 is 1.72 bits per heavy atom. The van der Waals surface area contributed by atoms with Crippen LogP contribution in [0.1, 0.15) is 19.4 Å². The fraction of sp³-hybridized carbons (Fsp3) is 0.240. The minimum absolute atomic E-state index is 0.149. The quantitative estimate of drug-likeness (QED) is 0.306. The summed E-state index contributed by atoms with van der Waals surface area (Å²) in [6.45, 7) is 3.01. The van der Waals surface area contributed by atoms with Gasteiger partial charge >= 0.3 is 23.4 Å². The van der Waals surface area contributed by atoms with Crippen LogP contribution in [0.15, 0.2) is 67.3 Å². The molecule has 0 atom stereocenters. The third-order valence-electron chi connectivity index (χ3n) is 5.48. The van der Waals surface area contributed by atoms with Crippen LogP contribution in [0.2, 0.25) is 0 Å². The second-order valence-electron chi connectivity index (χ2n) is 7.74. The van der Waals surface area contributed by atoms with E-state index in [1.165, 1.54) is 16.7 Å². The molecule has 0 aliphatic carbocycles. The van der Waals surface area contributed by atoms with Crippen molar-refractivity contribution in [3.63, 3.8) is 0 Å². The molecule has 2 aromatic carbocycles. The SMILES string of the molecule is CCOC(=O)Nc1ccc2c(COC(=O)Cn3c(=O)n(CC)c(=O)c4ccccc43)cc(=O)oc2c1. The van der Waals surface area contributed by atoms with Crippen molar-refractivity contribution >= 4 is 39.6 Å². The minimum Gasteiger partial charge on any atom is -0.459 e. The predicted octanol–water partition coefficient (Wildman–Crippen LogP) is 2.60. The Kier molecular flexibility index (Phi) is 7.00. The highest BCUT2D eigenvalue weighted by Crippen LogP contribution is 2.22. The van der Waals surface area contributed by atoms with E-state index in [1.54, 1.807) is 50.2 Å². The fourth-order valence-corrected chi connectivity index (χ4v) is 3.85. The lowest BCUT2D eigenvalue weighted by Crippen LogP contribution is -2.40. The summed E-state index contributed by atoms with van der Waals surface area (Å²) < 4.78 is 17.7. The average molecular weight is 493 g/mol. The maximum Gasteiger partial charge on any atom is 0.411 e. The van der Waals surface area contributed by atoms with Crippen molar-refractivity contribution in [3.8, 4) is 0 Å². The van der Waals surface area contributed by atoms with Gasteiger partial charge in [0.15, 0.2) is 0 Å². The zero-order valence-electron chi connectivity index (χ0n) is 19.6. The predicted molar refractivity (Wildman–Crippen MR) is 131 cm³/mol. The largest absolute Gasteiger partial charge is 0.459 e. The van der Waals surface area contributed by atoms with Crippen molar-refractivity contribution in [2.75, 3.05) is 11.9 Å². The zero-order chi connectivity index (χ0) is 25.8. The van der Waals surface area contributed by atoms with Crippen LogP contribution in [-0.2, 0) is 34.0 Å². The molecule has 1 amide bonds. The molecule has 1 N–H and O–H groups in total. The van der Waals surface area contributed by atoms with Gasteiger partial charge in [-0.2, -0.15) is 0 Å². The second kappa shape index (κ2) is 10.3. The second-order valence-corrected chi connectivity index (χ2v) is 7.74. The van der Waals surface area contributed by atoms with Gasteiger partial charge in [0.1, 0.15) is 18.7 Å². The summed E-state index contributed by atoms with van der Waals surface area (Å²) in [7, 11) is 0. The lowest BCUT2D eigenvalue weighted by atomic mass is 10.1. The smallest absolute Gasteiger partial charge is 0.411 e. The number of amides is 1. The van der Waals surface area contributed by atoms with E-state index in [0.717, 1.165) is 4.57 Å². The Morgan fingerprint density at radius 3 is 2.47 bits per heavy atom. The number of aromatic nitrogens is 2. The van der Waals surface area contributed by atoms with E-state index < -0.39 is 35.5 Å². The topological polar surface area (TPSA) is 139 Å². The highest BCUT2D eigenvalue weighted by Gasteiger charge is 2.16. The van der Waals surface area contributed by atoms with E-state index in [9.17, 15) is 24.0 Å². The molecule has 0 spiro atoms. The molecule has 36 heavy (non-hydrogen) atoms. The van der Waals surface area contributed by atoms with E-state index in [1.807, 2.05) is 0 Å². The molecule has 2 aromatic heterocycles. The summed E-state index contributed by atoms with van der Waals surface area (Å²) >= 11 is 0. The van der Waals surface area contributed by atoms with Gasteiger partial charge in [-0.3, -0.25) is 24.0 Å². The summed E-state index contributed by atoms with van der Waals surface area (Å²) in [5.41, 5.74) is -0.475. The summed E-state index contributed by atoms with van der Waals surface area (Å²) in [5, 5.41) is 3.33. The van der Waals surface area contributed by atoms with Crippen LogP contribution in [-0.4, -0.2) is 27.8 Å². The van der Waals surface area contributed by atoms with Crippen LogP contribution in [0.4, 0.5) is 10.5 Å². The number of para-hydroxylation sites is 1. The van der Waals surface area contributed by atoms with Crippen molar-refractivity contribution in [3.05, 3.63) is 85.4 Å². The van der Waals surface area contributed by atoms with Crippen molar-refractivity contribution in [2.24, 2.45) is 0 Å². The van der Waals surface area contributed by atoms with Gasteiger partial charge in [0.25, 0.3) is 5.56 Å².